The van der Waals surface area contributed by atoms with E-state index in [1.807, 2.05) is 0 Å². The van der Waals surface area contributed by atoms with Gasteiger partial charge in [0.05, 0.1) is 19.8 Å². The van der Waals surface area contributed by atoms with E-state index in [1.165, 1.54) is 128 Å². The predicted octanol–water partition coefficient (Wildman–Crippen LogP) is 11.8. The van der Waals surface area contributed by atoms with E-state index in [0.29, 0.717) is 13.0 Å². The molecule has 0 saturated heterocycles. The first-order valence-electron chi connectivity index (χ1n) is 21.7. The van der Waals surface area contributed by atoms with E-state index < -0.39 is 45.1 Å². The topological polar surface area (TPSA) is 155 Å². The van der Waals surface area contributed by atoms with Crippen LogP contribution in [0.5, 0.6) is 0 Å². The second-order valence-electron chi connectivity index (χ2n) is 14.8. The van der Waals surface area contributed by atoms with Gasteiger partial charge in [0, 0.05) is 13.0 Å². The highest BCUT2D eigenvalue weighted by Gasteiger charge is 2.27. The van der Waals surface area contributed by atoms with Crippen molar-refractivity contribution >= 4 is 19.8 Å². The summed E-state index contributed by atoms with van der Waals surface area (Å²) < 4.78 is 33.3. The first kappa shape index (κ1) is 51.7. The second kappa shape index (κ2) is 39.0. The van der Waals surface area contributed by atoms with Crippen LogP contribution in [0.1, 0.15) is 206 Å². The van der Waals surface area contributed by atoms with Crippen LogP contribution < -0.4 is 5.73 Å². The van der Waals surface area contributed by atoms with Crippen molar-refractivity contribution in [1.29, 1.82) is 0 Å². The predicted molar refractivity (Wildman–Crippen MR) is 217 cm³/mol. The molecular weight excluding hydrogens is 693 g/mol. The third-order valence-corrected chi connectivity index (χ3v) is 10.5. The fourth-order valence-corrected chi connectivity index (χ4v) is 6.91. The summed E-state index contributed by atoms with van der Waals surface area (Å²) in [6.45, 7) is 3.90. The summed E-state index contributed by atoms with van der Waals surface area (Å²) in [7, 11) is -4.61. The fraction of sp³-hybridized carbons (Fsp3) is 0.905. The lowest BCUT2D eigenvalue weighted by Gasteiger charge is -2.20. The van der Waals surface area contributed by atoms with Gasteiger partial charge in [-0.2, -0.15) is 0 Å². The highest BCUT2D eigenvalue weighted by molar-refractivity contribution is 7.47. The van der Waals surface area contributed by atoms with E-state index in [0.717, 1.165) is 51.4 Å². The molecule has 0 bridgehead atoms. The summed E-state index contributed by atoms with van der Waals surface area (Å²) >= 11 is 0. The maximum absolute atomic E-state index is 12.6. The Morgan fingerprint density at radius 3 is 1.43 bits per heavy atom. The summed E-state index contributed by atoms with van der Waals surface area (Å²) in [5.74, 6) is -1.78. The Morgan fingerprint density at radius 2 is 0.981 bits per heavy atom. The van der Waals surface area contributed by atoms with Crippen LogP contribution in [0, 0.1) is 0 Å². The van der Waals surface area contributed by atoms with Gasteiger partial charge in [0.2, 0.25) is 0 Å². The SMILES string of the molecule is CCCCCCCC/C=C\CCCCCCCC(=O)O[C@H](COCCCCCCCCCCCCCCCCCC)COP(=O)(O)OC[C@H](N)C(=O)O. The summed E-state index contributed by atoms with van der Waals surface area (Å²) in [5.41, 5.74) is 5.35. The number of phosphoric ester groups is 1. The molecule has 0 saturated carbocycles. The van der Waals surface area contributed by atoms with Crippen LogP contribution in [0.4, 0.5) is 0 Å². The van der Waals surface area contributed by atoms with Crippen molar-refractivity contribution < 1.29 is 42.7 Å². The van der Waals surface area contributed by atoms with Crippen LogP contribution in [0.2, 0.25) is 0 Å². The minimum Gasteiger partial charge on any atom is -0.480 e. The zero-order valence-electron chi connectivity index (χ0n) is 34.1. The quantitative estimate of drug-likeness (QED) is 0.0236. The van der Waals surface area contributed by atoms with Crippen LogP contribution >= 0.6 is 7.82 Å². The molecule has 0 fully saturated rings. The van der Waals surface area contributed by atoms with Gasteiger partial charge in [-0.05, 0) is 38.5 Å². The third kappa shape index (κ3) is 38.8. The van der Waals surface area contributed by atoms with Gasteiger partial charge < -0.3 is 25.2 Å². The molecule has 0 aromatic carbocycles. The number of nitrogens with two attached hydrogens (primary N) is 1. The maximum Gasteiger partial charge on any atom is 0.472 e. The van der Waals surface area contributed by atoms with Crippen molar-refractivity contribution in [2.45, 2.75) is 219 Å². The highest BCUT2D eigenvalue weighted by Crippen LogP contribution is 2.43. The summed E-state index contributed by atoms with van der Waals surface area (Å²) in [6, 6.07) is -1.47. The number of hydrogen-bond donors (Lipinski definition) is 3. The molecule has 53 heavy (non-hydrogen) atoms. The third-order valence-electron chi connectivity index (χ3n) is 9.54. The lowest BCUT2D eigenvalue weighted by Crippen LogP contribution is -2.34. The Hall–Kier alpha value is -1.29. The highest BCUT2D eigenvalue weighted by atomic mass is 31.2. The van der Waals surface area contributed by atoms with Crippen molar-refractivity contribution in [2.24, 2.45) is 5.73 Å². The molecule has 1 unspecified atom stereocenters. The normalized spacial score (nSPS) is 14.0. The lowest BCUT2D eigenvalue weighted by molar-refractivity contribution is -0.154. The molecule has 11 heteroatoms. The molecule has 3 atom stereocenters. The molecular formula is C42H82NO9P. The molecule has 10 nitrogen and oxygen atoms in total. The number of carboxylic acids is 1. The van der Waals surface area contributed by atoms with Crippen molar-refractivity contribution in [1.82, 2.24) is 0 Å². The van der Waals surface area contributed by atoms with E-state index in [2.05, 4.69) is 26.0 Å². The van der Waals surface area contributed by atoms with Gasteiger partial charge in [-0.25, -0.2) is 4.57 Å². The van der Waals surface area contributed by atoms with Crippen LogP contribution in [0.15, 0.2) is 12.2 Å². The molecule has 0 radical (unpaired) electrons. The Kier molecular flexibility index (Phi) is 38.0. The summed E-state index contributed by atoms with van der Waals surface area (Å²) in [4.78, 5) is 33.5. The molecule has 0 aliphatic carbocycles. The molecule has 0 amide bonds. The number of rotatable bonds is 42. The number of allylic oxidation sites excluding steroid dienone is 2. The average molecular weight is 776 g/mol. The minimum absolute atomic E-state index is 0.0193. The van der Waals surface area contributed by atoms with E-state index in [-0.39, 0.29) is 13.0 Å². The van der Waals surface area contributed by atoms with E-state index in [9.17, 15) is 19.0 Å². The van der Waals surface area contributed by atoms with Crippen molar-refractivity contribution in [3.8, 4) is 0 Å². The van der Waals surface area contributed by atoms with Gasteiger partial charge in [0.15, 0.2) is 0 Å². The van der Waals surface area contributed by atoms with E-state index in [1.54, 1.807) is 0 Å². The van der Waals surface area contributed by atoms with Crippen molar-refractivity contribution in [3.05, 3.63) is 12.2 Å². The second-order valence-corrected chi connectivity index (χ2v) is 16.3. The molecule has 0 aromatic rings. The molecule has 0 spiro atoms. The van der Waals surface area contributed by atoms with Crippen molar-refractivity contribution in [2.75, 3.05) is 26.4 Å². The Labute approximate surface area is 324 Å². The summed E-state index contributed by atoms with van der Waals surface area (Å²) in [5, 5.41) is 8.89. The number of esters is 1. The maximum atomic E-state index is 12.6. The number of aliphatic carboxylic acids is 1. The van der Waals surface area contributed by atoms with E-state index >= 15 is 0 Å². The fourth-order valence-electron chi connectivity index (χ4n) is 6.13. The molecule has 314 valence electrons. The number of carbonyl (C=O) groups is 2. The number of phosphoric acid groups is 1. The van der Waals surface area contributed by atoms with Gasteiger partial charge in [-0.15, -0.1) is 0 Å². The zero-order chi connectivity index (χ0) is 39.1. The van der Waals surface area contributed by atoms with Gasteiger partial charge >= 0.3 is 19.8 Å². The minimum atomic E-state index is -4.61. The standard InChI is InChI=1S/C42H82NO9P/c1-3-5-7-9-11-13-15-17-19-21-23-25-27-29-31-33-35-49-36-39(37-50-53(47,48)51-38-40(43)42(45)46)52-41(44)34-32-30-28-26-24-22-20-18-16-14-12-10-8-6-4-2/h18,20,39-40H,3-17,19,21-38,43H2,1-2H3,(H,45,46)(H,47,48)/b20-18-/t39-,40+/m1/s1. The van der Waals surface area contributed by atoms with Gasteiger partial charge in [0.1, 0.15) is 12.1 Å². The lowest BCUT2D eigenvalue weighted by atomic mass is 10.0. The zero-order valence-corrected chi connectivity index (χ0v) is 35.0. The largest absolute Gasteiger partial charge is 0.480 e. The van der Waals surface area contributed by atoms with Crippen LogP contribution in [0.25, 0.3) is 0 Å². The molecule has 0 aromatic heterocycles. The monoisotopic (exact) mass is 776 g/mol. The van der Waals surface area contributed by atoms with Gasteiger partial charge in [-0.3, -0.25) is 18.6 Å². The van der Waals surface area contributed by atoms with Crippen LogP contribution in [0.3, 0.4) is 0 Å². The van der Waals surface area contributed by atoms with Gasteiger partial charge in [0.25, 0.3) is 0 Å². The molecule has 0 heterocycles. The van der Waals surface area contributed by atoms with Crippen molar-refractivity contribution in [3.63, 3.8) is 0 Å². The first-order chi connectivity index (χ1) is 25.7. The molecule has 4 N–H and O–H groups in total. The number of ether oxygens (including phenoxy) is 2. The smallest absolute Gasteiger partial charge is 0.472 e. The summed E-state index contributed by atoms with van der Waals surface area (Å²) in [6.07, 6.45) is 39.7. The first-order valence-corrected chi connectivity index (χ1v) is 23.2. The molecule has 0 rings (SSSR count). The van der Waals surface area contributed by atoms with Gasteiger partial charge in [-0.1, -0.05) is 174 Å². The number of carboxylic acid groups (broad SMARTS) is 1. The number of carbonyl (C=O) groups excluding carboxylic acids is 1. The molecule has 0 aliphatic rings. The van der Waals surface area contributed by atoms with Crippen LogP contribution in [-0.2, 0) is 32.7 Å². The number of unbranched alkanes of at least 4 members (excludes halogenated alkanes) is 26. The Balaban J connectivity index is 4.22. The number of hydrogen-bond acceptors (Lipinski definition) is 8. The van der Waals surface area contributed by atoms with Crippen LogP contribution in [-0.4, -0.2) is 60.5 Å². The van der Waals surface area contributed by atoms with E-state index in [4.69, 9.17) is 29.4 Å². The molecule has 0 aliphatic heterocycles. The Bertz CT molecular complexity index is 904. The Morgan fingerprint density at radius 1 is 0.585 bits per heavy atom. The average Bonchev–Trinajstić information content (AvgIpc) is 3.13.